The van der Waals surface area contributed by atoms with Crippen molar-refractivity contribution in [3.8, 4) is 0 Å². The first-order chi connectivity index (χ1) is 8.81. The molecule has 1 nitrogen and oxygen atoms in total. The van der Waals surface area contributed by atoms with Gasteiger partial charge in [-0.25, -0.2) is 0 Å². The summed E-state index contributed by atoms with van der Waals surface area (Å²) in [5, 5.41) is 0. The highest BCUT2D eigenvalue weighted by atomic mass is 79.9. The fourth-order valence-electron chi connectivity index (χ4n) is 3.81. The first kappa shape index (κ1) is 13.3. The van der Waals surface area contributed by atoms with Crippen LogP contribution in [0.3, 0.4) is 0 Å². The van der Waals surface area contributed by atoms with E-state index in [1.165, 1.54) is 24.1 Å². The molecule has 0 spiro atoms. The molecule has 2 aromatic rings. The Hall–Kier alpha value is -0.670. The van der Waals surface area contributed by atoms with Crippen LogP contribution in [0.1, 0.15) is 30.1 Å². The van der Waals surface area contributed by atoms with E-state index in [-0.39, 0.29) is 22.4 Å². The lowest BCUT2D eigenvalue weighted by atomic mass is 9.77. The van der Waals surface area contributed by atoms with Crippen LogP contribution >= 0.6 is 15.9 Å². The average Bonchev–Trinajstić information content (AvgIpc) is 2.94. The van der Waals surface area contributed by atoms with Crippen molar-refractivity contribution >= 4 is 15.9 Å². The molecule has 1 aromatic carbocycles. The molecule has 2 bridgehead atoms. The third-order valence-electron chi connectivity index (χ3n) is 4.58. The highest BCUT2D eigenvalue weighted by Gasteiger charge is 2.60. The second-order valence-electron chi connectivity index (χ2n) is 5.43. The van der Waals surface area contributed by atoms with Crippen LogP contribution in [-0.4, -0.2) is 4.83 Å². The van der Waals surface area contributed by atoms with Gasteiger partial charge in [-0.2, -0.15) is 4.57 Å². The van der Waals surface area contributed by atoms with Crippen molar-refractivity contribution in [3.05, 3.63) is 66.0 Å². The largest absolute Gasteiger partial charge is 1.00 e. The number of rotatable bonds is 1. The molecule has 3 heteroatoms. The smallest absolute Gasteiger partial charge is 0.192 e. The van der Waals surface area contributed by atoms with Crippen LogP contribution in [0.5, 0.6) is 0 Å². The van der Waals surface area contributed by atoms with Crippen LogP contribution in [0.15, 0.2) is 54.7 Å². The minimum Gasteiger partial charge on any atom is -1.00 e. The van der Waals surface area contributed by atoms with E-state index >= 15 is 0 Å². The van der Waals surface area contributed by atoms with Gasteiger partial charge in [0.25, 0.3) is 0 Å². The lowest BCUT2D eigenvalue weighted by Gasteiger charge is -2.25. The molecular weight excluding hydrogens is 366 g/mol. The van der Waals surface area contributed by atoms with E-state index in [1.54, 1.807) is 0 Å². The minimum atomic E-state index is 0. The van der Waals surface area contributed by atoms with Gasteiger partial charge < -0.3 is 17.0 Å². The van der Waals surface area contributed by atoms with Crippen LogP contribution in [0.4, 0.5) is 0 Å². The molecular formula is C16H15Br2N. The lowest BCUT2D eigenvalue weighted by Crippen LogP contribution is -3.00. The van der Waals surface area contributed by atoms with Crippen molar-refractivity contribution in [3.63, 3.8) is 0 Å². The number of hydrogen-bond donors (Lipinski definition) is 0. The van der Waals surface area contributed by atoms with E-state index < -0.39 is 0 Å². The molecule has 1 fully saturated rings. The van der Waals surface area contributed by atoms with Gasteiger partial charge >= 0.3 is 0 Å². The maximum Gasteiger partial charge on any atom is 0.192 e. The summed E-state index contributed by atoms with van der Waals surface area (Å²) in [6, 6.07) is 18.2. The molecule has 1 aromatic heterocycles. The van der Waals surface area contributed by atoms with Gasteiger partial charge in [0.2, 0.25) is 0 Å². The summed E-state index contributed by atoms with van der Waals surface area (Å²) < 4.78 is 2.47. The fraction of sp³-hybridized carbons (Fsp3) is 0.312. The Bertz CT molecular complexity index is 599. The number of aromatic nitrogens is 1. The quantitative estimate of drug-likeness (QED) is 0.497. The Balaban J connectivity index is 0.00000110. The van der Waals surface area contributed by atoms with E-state index in [1.807, 2.05) is 0 Å². The summed E-state index contributed by atoms with van der Waals surface area (Å²) in [6.45, 7) is 0. The first-order valence-corrected chi connectivity index (χ1v) is 7.43. The summed E-state index contributed by atoms with van der Waals surface area (Å²) in [6.07, 6.45) is 4.68. The molecule has 1 saturated carbocycles. The second-order valence-corrected chi connectivity index (χ2v) is 6.61. The van der Waals surface area contributed by atoms with Crippen LogP contribution in [0, 0.1) is 0 Å². The van der Waals surface area contributed by atoms with Crippen molar-refractivity contribution in [1.29, 1.82) is 0 Å². The number of halogens is 2. The fourth-order valence-corrected chi connectivity index (χ4v) is 4.81. The van der Waals surface area contributed by atoms with Gasteiger partial charge in [0.1, 0.15) is 0 Å². The maximum absolute atomic E-state index is 3.88. The molecule has 3 atom stereocenters. The number of hydrogen-bond acceptors (Lipinski definition) is 0. The average molecular weight is 381 g/mol. The third kappa shape index (κ3) is 1.74. The molecule has 4 rings (SSSR count). The topological polar surface area (TPSA) is 3.88 Å². The summed E-state index contributed by atoms with van der Waals surface area (Å²) in [5.74, 6) is 0. The third-order valence-corrected chi connectivity index (χ3v) is 5.52. The molecule has 2 aliphatic rings. The van der Waals surface area contributed by atoms with Gasteiger partial charge in [0, 0.05) is 18.6 Å². The predicted molar refractivity (Wildman–Crippen MR) is 74.8 cm³/mol. The molecule has 0 N–H and O–H groups in total. The standard InChI is InChI=1S/C16H15BrN.BrH/c17-13-10-16(12-6-2-1-3-7-12)11-14(13)18-9-5-4-8-15(16)18;/h1-9,13-14H,10-11H2;1H/q+1;/p-1/t13-,14+,16+;/m1./s1. The summed E-state index contributed by atoms with van der Waals surface area (Å²) in [7, 11) is 0. The molecule has 2 heterocycles. The van der Waals surface area contributed by atoms with Gasteiger partial charge in [-0.1, -0.05) is 52.3 Å². The van der Waals surface area contributed by atoms with Crippen molar-refractivity contribution in [2.75, 3.05) is 0 Å². The lowest BCUT2D eigenvalue weighted by molar-refractivity contribution is -0.718. The number of fused-ring (bicyclic) bond motifs is 5. The van der Waals surface area contributed by atoms with Crippen molar-refractivity contribution in [2.24, 2.45) is 0 Å². The second kappa shape index (κ2) is 4.71. The molecule has 0 saturated heterocycles. The molecule has 98 valence electrons. The summed E-state index contributed by atoms with van der Waals surface area (Å²) in [5.41, 5.74) is 3.17. The minimum absolute atomic E-state index is 0. The highest BCUT2D eigenvalue weighted by Crippen LogP contribution is 2.54. The van der Waals surface area contributed by atoms with Gasteiger partial charge in [0.15, 0.2) is 17.9 Å². The SMILES string of the molecule is Br[C@@H]1C[C@@]2(c3ccccc3)C[C@@H]1[n+]1ccccc12.[Br-]. The van der Waals surface area contributed by atoms with Crippen molar-refractivity contribution in [1.82, 2.24) is 0 Å². The Morgan fingerprint density at radius 2 is 1.74 bits per heavy atom. The van der Waals surface area contributed by atoms with Gasteiger partial charge in [-0.3, -0.25) is 0 Å². The maximum atomic E-state index is 3.88. The zero-order chi connectivity index (χ0) is 12.2. The van der Waals surface area contributed by atoms with Gasteiger partial charge in [-0.05, 0) is 12.0 Å². The van der Waals surface area contributed by atoms with E-state index in [4.69, 9.17) is 0 Å². The Morgan fingerprint density at radius 3 is 2.53 bits per heavy atom. The molecule has 1 aliphatic carbocycles. The normalized spacial score (nSPS) is 30.8. The zero-order valence-corrected chi connectivity index (χ0v) is 13.6. The van der Waals surface area contributed by atoms with Crippen LogP contribution in [-0.2, 0) is 5.41 Å². The Kier molecular flexibility index (Phi) is 3.30. The number of alkyl halides is 1. The molecule has 0 radical (unpaired) electrons. The molecule has 1 aliphatic heterocycles. The monoisotopic (exact) mass is 379 g/mol. The number of benzene rings is 1. The van der Waals surface area contributed by atoms with Crippen LogP contribution in [0.2, 0.25) is 0 Å². The summed E-state index contributed by atoms with van der Waals surface area (Å²) in [4.78, 5) is 0.595. The van der Waals surface area contributed by atoms with E-state index in [0.29, 0.717) is 10.9 Å². The van der Waals surface area contributed by atoms with Gasteiger partial charge in [0.05, 0.1) is 10.2 Å². The molecule has 19 heavy (non-hydrogen) atoms. The van der Waals surface area contributed by atoms with Gasteiger partial charge in [-0.15, -0.1) is 0 Å². The first-order valence-electron chi connectivity index (χ1n) is 6.51. The molecule has 0 amide bonds. The Labute approximate surface area is 132 Å². The predicted octanol–water partition coefficient (Wildman–Crippen LogP) is 0.376. The Morgan fingerprint density at radius 1 is 1.00 bits per heavy atom. The summed E-state index contributed by atoms with van der Waals surface area (Å²) >= 11 is 3.88. The van der Waals surface area contributed by atoms with Crippen LogP contribution < -0.4 is 21.5 Å². The van der Waals surface area contributed by atoms with Crippen molar-refractivity contribution < 1.29 is 21.5 Å². The number of pyridine rings is 1. The highest BCUT2D eigenvalue weighted by molar-refractivity contribution is 9.09. The van der Waals surface area contributed by atoms with Crippen LogP contribution in [0.25, 0.3) is 0 Å². The number of nitrogens with zero attached hydrogens (tertiary/aromatic N) is 1. The van der Waals surface area contributed by atoms with E-state index in [9.17, 15) is 0 Å². The van der Waals surface area contributed by atoms with E-state index in [0.717, 1.165) is 0 Å². The molecule has 0 unspecified atom stereocenters. The zero-order valence-electron chi connectivity index (χ0n) is 10.5. The van der Waals surface area contributed by atoms with E-state index in [2.05, 4.69) is 75.2 Å². The van der Waals surface area contributed by atoms with Crippen molar-refractivity contribution in [2.45, 2.75) is 29.1 Å².